The third-order valence-electron chi connectivity index (χ3n) is 3.44. The molecule has 0 bridgehead atoms. The Balaban J connectivity index is 2.29. The van der Waals surface area contributed by atoms with Gasteiger partial charge in [-0.1, -0.05) is 22.0 Å². The van der Waals surface area contributed by atoms with E-state index in [-0.39, 0.29) is 0 Å². The van der Waals surface area contributed by atoms with Crippen molar-refractivity contribution in [2.24, 2.45) is 0 Å². The number of aryl methyl sites for hydroxylation is 3. The van der Waals surface area contributed by atoms with Crippen LogP contribution in [0.15, 0.2) is 34.8 Å². The van der Waals surface area contributed by atoms with E-state index in [0.29, 0.717) is 12.3 Å². The highest BCUT2D eigenvalue weighted by atomic mass is 79.9. The largest absolute Gasteiger partial charge is 0.281 e. The monoisotopic (exact) mass is 363 g/mol. The number of pyridine rings is 1. The smallest absolute Gasteiger partial charge is 0.164 e. The minimum Gasteiger partial charge on any atom is -0.281 e. The highest BCUT2D eigenvalue weighted by molar-refractivity contribution is 9.10. The van der Waals surface area contributed by atoms with Gasteiger partial charge in [-0.05, 0) is 43.7 Å². The van der Waals surface area contributed by atoms with Gasteiger partial charge in [0.05, 0.1) is 0 Å². The van der Waals surface area contributed by atoms with E-state index < -0.39 is 0 Å². The van der Waals surface area contributed by atoms with E-state index in [1.165, 1.54) is 5.56 Å². The van der Waals surface area contributed by atoms with Crippen LogP contribution in [-0.2, 0) is 6.42 Å². The molecule has 3 nitrogen and oxygen atoms in total. The molecule has 0 spiro atoms. The fraction of sp³-hybridized carbons (Fsp3) is 0.250. The van der Waals surface area contributed by atoms with E-state index in [4.69, 9.17) is 11.6 Å². The lowest BCUT2D eigenvalue weighted by Gasteiger charge is -2.10. The fourth-order valence-electron chi connectivity index (χ4n) is 2.34. The summed E-state index contributed by atoms with van der Waals surface area (Å²) in [6, 6.07) is 10.3. The zero-order chi connectivity index (χ0) is 15.0. The number of hydrogen-bond acceptors (Lipinski definition) is 2. The van der Waals surface area contributed by atoms with Gasteiger partial charge in [-0.25, -0.2) is 9.97 Å². The lowest BCUT2D eigenvalue weighted by Crippen LogP contribution is -2.03. The Labute approximate surface area is 137 Å². The van der Waals surface area contributed by atoms with Crippen molar-refractivity contribution < 1.29 is 0 Å². The molecule has 2 heterocycles. The zero-order valence-electron chi connectivity index (χ0n) is 11.9. The van der Waals surface area contributed by atoms with Crippen molar-refractivity contribution in [3.05, 3.63) is 51.9 Å². The molecule has 0 N–H and O–H groups in total. The van der Waals surface area contributed by atoms with Crippen molar-refractivity contribution in [2.75, 3.05) is 5.88 Å². The zero-order valence-corrected chi connectivity index (χ0v) is 14.2. The van der Waals surface area contributed by atoms with Crippen molar-refractivity contribution in [2.45, 2.75) is 20.3 Å². The van der Waals surface area contributed by atoms with Gasteiger partial charge in [-0.3, -0.25) is 4.57 Å². The number of aromatic nitrogens is 3. The topological polar surface area (TPSA) is 30.7 Å². The van der Waals surface area contributed by atoms with Crippen LogP contribution in [0.3, 0.4) is 0 Å². The normalized spacial score (nSPS) is 11.2. The molecular weight excluding hydrogens is 350 g/mol. The molecule has 3 aromatic rings. The number of rotatable bonds is 3. The lowest BCUT2D eigenvalue weighted by atomic mass is 10.2. The molecule has 0 fully saturated rings. The summed E-state index contributed by atoms with van der Waals surface area (Å²) in [6.45, 7) is 4.06. The van der Waals surface area contributed by atoms with Crippen molar-refractivity contribution >= 4 is 38.7 Å². The summed E-state index contributed by atoms with van der Waals surface area (Å²) in [7, 11) is 0. The van der Waals surface area contributed by atoms with Crippen molar-refractivity contribution in [3.8, 4) is 5.69 Å². The maximum Gasteiger partial charge on any atom is 0.164 e. The van der Waals surface area contributed by atoms with E-state index in [2.05, 4.69) is 55.6 Å². The van der Waals surface area contributed by atoms with E-state index in [0.717, 1.165) is 32.8 Å². The number of nitrogens with zero attached hydrogens (tertiary/aromatic N) is 3. The molecule has 5 heteroatoms. The van der Waals surface area contributed by atoms with Gasteiger partial charge in [0.25, 0.3) is 0 Å². The highest BCUT2D eigenvalue weighted by Crippen LogP contribution is 2.25. The van der Waals surface area contributed by atoms with Crippen LogP contribution >= 0.6 is 27.5 Å². The lowest BCUT2D eigenvalue weighted by molar-refractivity contribution is 0.903. The third-order valence-corrected chi connectivity index (χ3v) is 4.49. The molecule has 0 atom stereocenters. The number of hydrogen-bond donors (Lipinski definition) is 0. The van der Waals surface area contributed by atoms with Gasteiger partial charge in [0.1, 0.15) is 11.3 Å². The highest BCUT2D eigenvalue weighted by Gasteiger charge is 2.14. The van der Waals surface area contributed by atoms with Crippen molar-refractivity contribution in [1.29, 1.82) is 0 Å². The van der Waals surface area contributed by atoms with Crippen molar-refractivity contribution in [3.63, 3.8) is 0 Å². The molecule has 0 saturated heterocycles. The third kappa shape index (κ3) is 2.70. The first-order valence-corrected chi connectivity index (χ1v) is 8.10. The molecule has 0 radical (unpaired) electrons. The van der Waals surface area contributed by atoms with Gasteiger partial charge in [0.2, 0.25) is 0 Å². The number of benzene rings is 1. The minimum atomic E-state index is 0.537. The van der Waals surface area contributed by atoms with Gasteiger partial charge < -0.3 is 0 Å². The number of fused-ring (bicyclic) bond motifs is 1. The van der Waals surface area contributed by atoms with E-state index in [9.17, 15) is 0 Å². The average Bonchev–Trinajstić information content (AvgIpc) is 2.80. The summed E-state index contributed by atoms with van der Waals surface area (Å²) in [5, 5.41) is 0. The standard InChI is InChI=1S/C16H15BrClN3/c1-10-3-5-12(9-13(10)17)21-15(7-8-18)20-14-6-4-11(2)19-16(14)21/h3-6,9H,7-8H2,1-2H3. The molecule has 21 heavy (non-hydrogen) atoms. The molecule has 108 valence electrons. The number of imidazole rings is 1. The SMILES string of the molecule is Cc1ccc2nc(CCCl)n(-c3ccc(C)c(Br)c3)c2n1. The van der Waals surface area contributed by atoms with Crippen LogP contribution in [0.4, 0.5) is 0 Å². The molecule has 0 unspecified atom stereocenters. The summed E-state index contributed by atoms with van der Waals surface area (Å²) in [5.41, 5.74) is 5.01. The summed E-state index contributed by atoms with van der Waals surface area (Å²) in [6.07, 6.45) is 0.711. The second-order valence-corrected chi connectivity index (χ2v) is 6.26. The van der Waals surface area contributed by atoms with Crippen LogP contribution in [0, 0.1) is 13.8 Å². The fourth-order valence-corrected chi connectivity index (χ4v) is 2.88. The van der Waals surface area contributed by atoms with Gasteiger partial charge in [-0.15, -0.1) is 11.6 Å². The summed E-state index contributed by atoms with van der Waals surface area (Å²) in [4.78, 5) is 9.32. The summed E-state index contributed by atoms with van der Waals surface area (Å²) >= 11 is 9.52. The van der Waals surface area contributed by atoms with Crippen LogP contribution in [0.2, 0.25) is 0 Å². The molecule has 3 rings (SSSR count). The van der Waals surface area contributed by atoms with Crippen molar-refractivity contribution in [1.82, 2.24) is 14.5 Å². The number of halogens is 2. The Morgan fingerprint density at radius 1 is 1.14 bits per heavy atom. The Bertz CT molecular complexity index is 811. The predicted octanol–water partition coefficient (Wildman–Crippen LogP) is 4.58. The minimum absolute atomic E-state index is 0.537. The Morgan fingerprint density at radius 3 is 2.67 bits per heavy atom. The van der Waals surface area contributed by atoms with Crippen LogP contribution in [0.1, 0.15) is 17.1 Å². The molecule has 1 aromatic carbocycles. The van der Waals surface area contributed by atoms with E-state index >= 15 is 0 Å². The molecule has 0 saturated carbocycles. The first kappa shape index (κ1) is 14.5. The Morgan fingerprint density at radius 2 is 1.95 bits per heavy atom. The van der Waals surface area contributed by atoms with Crippen LogP contribution in [0.25, 0.3) is 16.9 Å². The maximum atomic E-state index is 5.93. The average molecular weight is 365 g/mol. The first-order valence-electron chi connectivity index (χ1n) is 6.77. The molecule has 0 aliphatic rings. The van der Waals surface area contributed by atoms with Gasteiger partial charge in [0.15, 0.2) is 5.65 Å². The second-order valence-electron chi connectivity index (χ2n) is 5.03. The molecule has 0 aliphatic heterocycles. The predicted molar refractivity (Wildman–Crippen MR) is 90.5 cm³/mol. The maximum absolute atomic E-state index is 5.93. The van der Waals surface area contributed by atoms with E-state index in [1.807, 2.05) is 19.1 Å². The molecule has 2 aromatic heterocycles. The van der Waals surface area contributed by atoms with Crippen LogP contribution in [0.5, 0.6) is 0 Å². The molecule has 0 aliphatic carbocycles. The van der Waals surface area contributed by atoms with Crippen LogP contribution < -0.4 is 0 Å². The van der Waals surface area contributed by atoms with Crippen LogP contribution in [-0.4, -0.2) is 20.4 Å². The second kappa shape index (κ2) is 5.78. The van der Waals surface area contributed by atoms with Gasteiger partial charge in [-0.2, -0.15) is 0 Å². The quantitative estimate of drug-likeness (QED) is 0.637. The van der Waals surface area contributed by atoms with E-state index in [1.54, 1.807) is 0 Å². The molecular formula is C16H15BrClN3. The molecule has 0 amide bonds. The first-order chi connectivity index (χ1) is 10.1. The Kier molecular flexibility index (Phi) is 4.00. The van der Waals surface area contributed by atoms with Gasteiger partial charge >= 0.3 is 0 Å². The summed E-state index contributed by atoms with van der Waals surface area (Å²) < 4.78 is 3.17. The van der Waals surface area contributed by atoms with Gasteiger partial charge in [0, 0.05) is 28.2 Å². The Hall–Kier alpha value is -1.39. The number of alkyl halides is 1. The summed E-state index contributed by atoms with van der Waals surface area (Å²) in [5.74, 6) is 1.48.